The topological polar surface area (TPSA) is 72.8 Å². The maximum Gasteiger partial charge on any atom is 0.411 e. The zero-order valence-electron chi connectivity index (χ0n) is 8.47. The Bertz CT molecular complexity index is 341. The van der Waals surface area contributed by atoms with E-state index in [9.17, 15) is 9.90 Å². The van der Waals surface area contributed by atoms with Gasteiger partial charge >= 0.3 is 6.09 Å². The Morgan fingerprint density at radius 3 is 2.80 bits per heavy atom. The molecule has 0 aliphatic heterocycles. The van der Waals surface area contributed by atoms with Gasteiger partial charge in [0.25, 0.3) is 0 Å². The molecule has 15 heavy (non-hydrogen) atoms. The van der Waals surface area contributed by atoms with Crippen molar-refractivity contribution in [1.29, 1.82) is 0 Å². The number of rotatable bonds is 4. The summed E-state index contributed by atoms with van der Waals surface area (Å²) < 4.78 is 0. The van der Waals surface area contributed by atoms with E-state index in [1.807, 2.05) is 0 Å². The van der Waals surface area contributed by atoms with E-state index in [0.29, 0.717) is 18.8 Å². The van der Waals surface area contributed by atoms with Crippen molar-refractivity contribution in [2.75, 3.05) is 25.0 Å². The fourth-order valence-electron chi connectivity index (χ4n) is 1.22. The second-order valence-corrected chi connectivity index (χ2v) is 3.06. The lowest BCUT2D eigenvalue weighted by Gasteiger charge is -2.19. The second-order valence-electron chi connectivity index (χ2n) is 3.06. The van der Waals surface area contributed by atoms with Crippen molar-refractivity contribution in [2.45, 2.75) is 0 Å². The Hall–Kier alpha value is -1.75. The summed E-state index contributed by atoms with van der Waals surface area (Å²) in [5, 5.41) is 21.1. The van der Waals surface area contributed by atoms with Crippen LogP contribution in [0.25, 0.3) is 0 Å². The highest BCUT2D eigenvalue weighted by Crippen LogP contribution is 2.19. The van der Waals surface area contributed by atoms with Gasteiger partial charge in [-0.3, -0.25) is 4.90 Å². The van der Waals surface area contributed by atoms with Crippen molar-refractivity contribution >= 4 is 11.8 Å². The van der Waals surface area contributed by atoms with E-state index in [-0.39, 0.29) is 5.75 Å². The molecular formula is C10H14N2O3. The zero-order chi connectivity index (χ0) is 11.3. The van der Waals surface area contributed by atoms with Crippen molar-refractivity contribution in [3.63, 3.8) is 0 Å². The molecule has 0 fully saturated rings. The molecule has 1 aromatic rings. The quantitative estimate of drug-likeness (QED) is 0.695. The van der Waals surface area contributed by atoms with E-state index < -0.39 is 6.09 Å². The number of hydrogen-bond acceptors (Lipinski definition) is 3. The van der Waals surface area contributed by atoms with Crippen LogP contribution in [0.4, 0.5) is 10.5 Å². The number of aromatic hydroxyl groups is 1. The van der Waals surface area contributed by atoms with Crippen molar-refractivity contribution in [2.24, 2.45) is 0 Å². The van der Waals surface area contributed by atoms with Gasteiger partial charge in [0.2, 0.25) is 0 Å². The van der Waals surface area contributed by atoms with Crippen LogP contribution in [0, 0.1) is 0 Å². The number of carboxylic acid groups (broad SMARTS) is 1. The van der Waals surface area contributed by atoms with Crippen LogP contribution < -0.4 is 10.2 Å². The Morgan fingerprint density at radius 2 is 2.27 bits per heavy atom. The fraction of sp³-hybridized carbons (Fsp3) is 0.300. The molecule has 5 heteroatoms. The van der Waals surface area contributed by atoms with Crippen LogP contribution in [0.1, 0.15) is 0 Å². The van der Waals surface area contributed by atoms with Crippen LogP contribution >= 0.6 is 0 Å². The average molecular weight is 210 g/mol. The third-order valence-electron chi connectivity index (χ3n) is 1.96. The third kappa shape index (κ3) is 3.14. The summed E-state index contributed by atoms with van der Waals surface area (Å²) in [6.45, 7) is 0.900. The molecule has 0 saturated carbocycles. The highest BCUT2D eigenvalue weighted by molar-refractivity contribution is 5.86. The van der Waals surface area contributed by atoms with E-state index in [1.54, 1.807) is 19.2 Å². The summed E-state index contributed by atoms with van der Waals surface area (Å²) in [5.41, 5.74) is 0.470. The Kier molecular flexibility index (Phi) is 3.93. The molecule has 0 heterocycles. The summed E-state index contributed by atoms with van der Waals surface area (Å²) in [4.78, 5) is 12.1. The standard InChI is InChI=1S/C10H14N2O3/c1-11-5-6-12(10(14)15)8-3-2-4-9(13)7-8/h2-4,7,11,13H,5-6H2,1H3,(H,14,15). The molecule has 0 atom stereocenters. The summed E-state index contributed by atoms with van der Waals surface area (Å²) in [5.74, 6) is 0.0585. The molecule has 0 unspecified atom stereocenters. The monoisotopic (exact) mass is 210 g/mol. The number of carbonyl (C=O) groups is 1. The Morgan fingerprint density at radius 1 is 1.53 bits per heavy atom. The zero-order valence-corrected chi connectivity index (χ0v) is 8.47. The fourth-order valence-corrected chi connectivity index (χ4v) is 1.22. The molecule has 0 aromatic heterocycles. The van der Waals surface area contributed by atoms with Crippen molar-refractivity contribution in [1.82, 2.24) is 5.32 Å². The van der Waals surface area contributed by atoms with E-state index in [1.165, 1.54) is 17.0 Å². The lowest BCUT2D eigenvalue weighted by Crippen LogP contribution is -2.35. The number of benzene rings is 1. The minimum absolute atomic E-state index is 0.0585. The van der Waals surface area contributed by atoms with Crippen molar-refractivity contribution in [3.8, 4) is 5.75 Å². The van der Waals surface area contributed by atoms with Crippen LogP contribution in [-0.2, 0) is 0 Å². The Labute approximate surface area is 88.0 Å². The Balaban J connectivity index is 2.84. The van der Waals surface area contributed by atoms with Gasteiger partial charge in [-0.05, 0) is 19.2 Å². The molecule has 0 aliphatic rings. The molecule has 0 aliphatic carbocycles. The smallest absolute Gasteiger partial charge is 0.411 e. The van der Waals surface area contributed by atoms with Crippen molar-refractivity contribution < 1.29 is 15.0 Å². The van der Waals surface area contributed by atoms with Crippen LogP contribution in [0.3, 0.4) is 0 Å². The van der Waals surface area contributed by atoms with Crippen molar-refractivity contribution in [3.05, 3.63) is 24.3 Å². The third-order valence-corrected chi connectivity index (χ3v) is 1.96. The van der Waals surface area contributed by atoms with Gasteiger partial charge < -0.3 is 15.5 Å². The lowest BCUT2D eigenvalue weighted by atomic mass is 10.3. The van der Waals surface area contributed by atoms with Gasteiger partial charge in [-0.15, -0.1) is 0 Å². The number of likely N-dealkylation sites (N-methyl/N-ethyl adjacent to an activating group) is 1. The predicted octanol–water partition coefficient (Wildman–Crippen LogP) is 1.10. The SMILES string of the molecule is CNCCN(C(=O)O)c1cccc(O)c1. The van der Waals surface area contributed by atoms with E-state index in [4.69, 9.17) is 5.11 Å². The minimum Gasteiger partial charge on any atom is -0.508 e. The van der Waals surface area contributed by atoms with E-state index in [2.05, 4.69) is 5.32 Å². The lowest BCUT2D eigenvalue weighted by molar-refractivity contribution is 0.202. The van der Waals surface area contributed by atoms with Crippen LogP contribution in [-0.4, -0.2) is 36.4 Å². The van der Waals surface area contributed by atoms with Gasteiger partial charge in [-0.25, -0.2) is 4.79 Å². The van der Waals surface area contributed by atoms with Gasteiger partial charge in [0.15, 0.2) is 0 Å². The summed E-state index contributed by atoms with van der Waals surface area (Å²) in [6, 6.07) is 6.18. The number of nitrogens with zero attached hydrogens (tertiary/aromatic N) is 1. The first-order valence-electron chi connectivity index (χ1n) is 4.59. The number of hydrogen-bond donors (Lipinski definition) is 3. The maximum absolute atomic E-state index is 10.9. The molecule has 1 rings (SSSR count). The molecule has 82 valence electrons. The predicted molar refractivity (Wildman–Crippen MR) is 57.4 cm³/mol. The van der Waals surface area contributed by atoms with E-state index >= 15 is 0 Å². The number of nitrogens with one attached hydrogen (secondary N) is 1. The molecule has 0 saturated heterocycles. The van der Waals surface area contributed by atoms with Crippen LogP contribution in [0.5, 0.6) is 5.75 Å². The largest absolute Gasteiger partial charge is 0.508 e. The highest BCUT2D eigenvalue weighted by Gasteiger charge is 2.13. The molecule has 0 bridgehead atoms. The first-order chi connectivity index (χ1) is 7.15. The maximum atomic E-state index is 10.9. The number of phenolic OH excluding ortho intramolecular Hbond substituents is 1. The normalized spacial score (nSPS) is 9.93. The summed E-state index contributed by atoms with van der Waals surface area (Å²) >= 11 is 0. The number of anilines is 1. The molecule has 0 spiro atoms. The second kappa shape index (κ2) is 5.21. The van der Waals surface area contributed by atoms with Gasteiger partial charge in [-0.1, -0.05) is 6.07 Å². The minimum atomic E-state index is -1.03. The van der Waals surface area contributed by atoms with Crippen LogP contribution in [0.2, 0.25) is 0 Å². The molecule has 0 radical (unpaired) electrons. The first kappa shape index (κ1) is 11.3. The molecule has 1 aromatic carbocycles. The molecule has 3 N–H and O–H groups in total. The van der Waals surface area contributed by atoms with Gasteiger partial charge in [0.05, 0.1) is 5.69 Å². The molecule has 5 nitrogen and oxygen atoms in total. The summed E-state index contributed by atoms with van der Waals surface area (Å²) in [6.07, 6.45) is -1.03. The van der Waals surface area contributed by atoms with Gasteiger partial charge in [0, 0.05) is 19.2 Å². The van der Waals surface area contributed by atoms with E-state index in [0.717, 1.165) is 0 Å². The van der Waals surface area contributed by atoms with Gasteiger partial charge in [0.1, 0.15) is 5.75 Å². The highest BCUT2D eigenvalue weighted by atomic mass is 16.4. The average Bonchev–Trinajstić information content (AvgIpc) is 2.18. The number of phenols is 1. The van der Waals surface area contributed by atoms with Crippen LogP contribution in [0.15, 0.2) is 24.3 Å². The summed E-state index contributed by atoms with van der Waals surface area (Å²) in [7, 11) is 1.75. The first-order valence-corrected chi connectivity index (χ1v) is 4.59. The molecule has 1 amide bonds. The number of amides is 1. The molecular weight excluding hydrogens is 196 g/mol. The van der Waals surface area contributed by atoms with Gasteiger partial charge in [-0.2, -0.15) is 0 Å².